The van der Waals surface area contributed by atoms with Crippen molar-refractivity contribution in [2.45, 2.75) is 38.6 Å². The van der Waals surface area contributed by atoms with Crippen LogP contribution in [0.4, 0.5) is 5.69 Å². The second-order valence-corrected chi connectivity index (χ2v) is 7.35. The number of amides is 2. The van der Waals surface area contributed by atoms with Crippen molar-refractivity contribution in [1.29, 1.82) is 0 Å². The van der Waals surface area contributed by atoms with Crippen molar-refractivity contribution in [2.24, 2.45) is 0 Å². The van der Waals surface area contributed by atoms with E-state index in [0.29, 0.717) is 17.1 Å². The molecule has 1 unspecified atom stereocenters. The predicted octanol–water partition coefficient (Wildman–Crippen LogP) is 3.91. The van der Waals surface area contributed by atoms with Crippen LogP contribution >= 0.6 is 22.9 Å². The molecule has 0 saturated carbocycles. The topological polar surface area (TPSA) is 75.2 Å². The first-order valence-corrected chi connectivity index (χ1v) is 9.47. The first-order valence-electron chi connectivity index (χ1n) is 8.28. The van der Waals surface area contributed by atoms with Gasteiger partial charge in [0, 0.05) is 23.7 Å². The highest BCUT2D eigenvalue weighted by molar-refractivity contribution is 7.13. The van der Waals surface area contributed by atoms with Gasteiger partial charge >= 0.3 is 0 Å². The normalized spacial score (nSPS) is 16.9. The van der Waals surface area contributed by atoms with Gasteiger partial charge < -0.3 is 10.2 Å². The average molecular weight is 379 g/mol. The van der Waals surface area contributed by atoms with Crippen molar-refractivity contribution in [3.63, 3.8) is 0 Å². The standard InChI is InChI=1S/C17H19ClN4O2S/c1-2-5-14(23)22-9-4-8-13(22)16-20-21-17(25-16)15(24)19-12-7-3-6-11(18)10-12/h3,6-7,10,13H,2,4-5,8-9H2,1H3,(H,19,24). The van der Waals surface area contributed by atoms with E-state index in [9.17, 15) is 9.59 Å². The van der Waals surface area contributed by atoms with Crippen LogP contribution in [0.15, 0.2) is 24.3 Å². The molecule has 0 radical (unpaired) electrons. The summed E-state index contributed by atoms with van der Waals surface area (Å²) in [5, 5.41) is 12.5. The molecule has 6 nitrogen and oxygen atoms in total. The number of halogens is 1. The number of nitrogens with one attached hydrogen (secondary N) is 1. The number of hydrogen-bond acceptors (Lipinski definition) is 5. The number of carbonyl (C=O) groups is 2. The fourth-order valence-electron chi connectivity index (χ4n) is 2.89. The van der Waals surface area contributed by atoms with Crippen molar-refractivity contribution in [3.05, 3.63) is 39.3 Å². The summed E-state index contributed by atoms with van der Waals surface area (Å²) in [6.45, 7) is 2.74. The van der Waals surface area contributed by atoms with E-state index in [4.69, 9.17) is 11.6 Å². The maximum atomic E-state index is 12.3. The summed E-state index contributed by atoms with van der Waals surface area (Å²) in [7, 11) is 0. The molecule has 0 bridgehead atoms. The number of carbonyl (C=O) groups excluding carboxylic acids is 2. The van der Waals surface area contributed by atoms with Crippen LogP contribution in [0, 0.1) is 0 Å². The highest BCUT2D eigenvalue weighted by Crippen LogP contribution is 2.34. The lowest BCUT2D eigenvalue weighted by Crippen LogP contribution is -2.30. The smallest absolute Gasteiger partial charge is 0.286 e. The van der Waals surface area contributed by atoms with Crippen molar-refractivity contribution in [2.75, 3.05) is 11.9 Å². The van der Waals surface area contributed by atoms with E-state index in [1.165, 1.54) is 11.3 Å². The molecule has 2 amide bonds. The third-order valence-electron chi connectivity index (χ3n) is 4.04. The van der Waals surface area contributed by atoms with E-state index in [2.05, 4.69) is 15.5 Å². The number of likely N-dealkylation sites (tertiary alicyclic amines) is 1. The Labute approximate surface area is 155 Å². The number of nitrogens with zero attached hydrogens (tertiary/aromatic N) is 3. The Morgan fingerprint density at radius 1 is 1.40 bits per heavy atom. The number of hydrogen-bond donors (Lipinski definition) is 1. The Morgan fingerprint density at radius 3 is 3.00 bits per heavy atom. The van der Waals surface area contributed by atoms with E-state index in [1.54, 1.807) is 24.3 Å². The molecule has 1 fully saturated rings. The molecular formula is C17H19ClN4O2S. The van der Waals surface area contributed by atoms with Crippen molar-refractivity contribution < 1.29 is 9.59 Å². The molecule has 1 aliphatic heterocycles. The zero-order chi connectivity index (χ0) is 17.8. The van der Waals surface area contributed by atoms with Gasteiger partial charge in [-0.3, -0.25) is 9.59 Å². The highest BCUT2D eigenvalue weighted by atomic mass is 35.5. The summed E-state index contributed by atoms with van der Waals surface area (Å²) in [5.74, 6) is -0.180. The van der Waals surface area contributed by atoms with Gasteiger partial charge in [-0.1, -0.05) is 35.9 Å². The molecule has 1 atom stereocenters. The molecule has 1 aliphatic rings. The molecular weight excluding hydrogens is 360 g/mol. The molecule has 1 N–H and O–H groups in total. The van der Waals surface area contributed by atoms with E-state index < -0.39 is 0 Å². The summed E-state index contributed by atoms with van der Waals surface area (Å²) < 4.78 is 0. The Hall–Kier alpha value is -1.99. The third kappa shape index (κ3) is 4.16. The molecule has 25 heavy (non-hydrogen) atoms. The molecule has 132 valence electrons. The van der Waals surface area contributed by atoms with E-state index in [-0.39, 0.29) is 22.9 Å². The molecule has 0 spiro atoms. The van der Waals surface area contributed by atoms with Crippen LogP contribution in [0.25, 0.3) is 0 Å². The van der Waals surface area contributed by atoms with Gasteiger partial charge in [0.1, 0.15) is 5.01 Å². The Balaban J connectivity index is 1.71. The van der Waals surface area contributed by atoms with Crippen LogP contribution in [-0.4, -0.2) is 33.5 Å². The van der Waals surface area contributed by atoms with Gasteiger partial charge in [0.15, 0.2) is 0 Å². The molecule has 8 heteroatoms. The molecule has 1 aromatic carbocycles. The van der Waals surface area contributed by atoms with Crippen LogP contribution < -0.4 is 5.32 Å². The zero-order valence-corrected chi connectivity index (χ0v) is 15.4. The van der Waals surface area contributed by atoms with Gasteiger partial charge in [-0.25, -0.2) is 0 Å². The van der Waals surface area contributed by atoms with Gasteiger partial charge in [0.2, 0.25) is 10.9 Å². The fraction of sp³-hybridized carbons (Fsp3) is 0.412. The summed E-state index contributed by atoms with van der Waals surface area (Å²) in [6, 6.07) is 6.86. The minimum Gasteiger partial charge on any atom is -0.333 e. The molecule has 1 saturated heterocycles. The Bertz CT molecular complexity index is 780. The molecule has 1 aromatic heterocycles. The highest BCUT2D eigenvalue weighted by Gasteiger charge is 2.32. The van der Waals surface area contributed by atoms with Gasteiger partial charge in [0.25, 0.3) is 5.91 Å². The van der Waals surface area contributed by atoms with Crippen molar-refractivity contribution in [1.82, 2.24) is 15.1 Å². The number of aromatic nitrogens is 2. The van der Waals surface area contributed by atoms with E-state index in [0.717, 1.165) is 30.8 Å². The minimum absolute atomic E-state index is 0.0655. The second kappa shape index (κ2) is 7.93. The van der Waals surface area contributed by atoms with E-state index in [1.807, 2.05) is 11.8 Å². The quantitative estimate of drug-likeness (QED) is 0.855. The Morgan fingerprint density at radius 2 is 2.24 bits per heavy atom. The van der Waals surface area contributed by atoms with Crippen LogP contribution in [0.2, 0.25) is 5.02 Å². The molecule has 2 aromatic rings. The van der Waals surface area contributed by atoms with E-state index >= 15 is 0 Å². The molecule has 2 heterocycles. The SMILES string of the molecule is CCCC(=O)N1CCCC1c1nnc(C(=O)Nc2cccc(Cl)c2)s1. The maximum Gasteiger partial charge on any atom is 0.286 e. The minimum atomic E-state index is -0.324. The largest absolute Gasteiger partial charge is 0.333 e. The summed E-state index contributed by atoms with van der Waals surface area (Å²) >= 11 is 7.16. The predicted molar refractivity (Wildman–Crippen MR) is 97.9 cm³/mol. The van der Waals surface area contributed by atoms with Crippen molar-refractivity contribution in [3.8, 4) is 0 Å². The molecule has 0 aliphatic carbocycles. The van der Waals surface area contributed by atoms with Crippen molar-refractivity contribution >= 4 is 40.4 Å². The molecule has 3 rings (SSSR count). The monoisotopic (exact) mass is 378 g/mol. The van der Waals surface area contributed by atoms with Gasteiger partial charge in [-0.05, 0) is 37.5 Å². The van der Waals surface area contributed by atoms with Crippen LogP contribution in [0.1, 0.15) is 53.5 Å². The van der Waals surface area contributed by atoms with Crippen LogP contribution in [0.3, 0.4) is 0 Å². The number of rotatable bonds is 5. The summed E-state index contributed by atoms with van der Waals surface area (Å²) in [5.41, 5.74) is 0.606. The lowest BCUT2D eigenvalue weighted by Gasteiger charge is -2.22. The lowest BCUT2D eigenvalue weighted by molar-refractivity contribution is -0.132. The first-order chi connectivity index (χ1) is 12.1. The first kappa shape index (κ1) is 17.8. The number of benzene rings is 1. The summed E-state index contributed by atoms with van der Waals surface area (Å²) in [6.07, 6.45) is 3.17. The summed E-state index contributed by atoms with van der Waals surface area (Å²) in [4.78, 5) is 26.4. The second-order valence-electron chi connectivity index (χ2n) is 5.91. The van der Waals surface area contributed by atoms with Gasteiger partial charge in [0.05, 0.1) is 6.04 Å². The third-order valence-corrected chi connectivity index (χ3v) is 5.30. The zero-order valence-electron chi connectivity index (χ0n) is 13.9. The van der Waals surface area contributed by atoms with Crippen LogP contribution in [0.5, 0.6) is 0 Å². The fourth-order valence-corrected chi connectivity index (χ4v) is 3.97. The average Bonchev–Trinajstić information content (AvgIpc) is 3.24. The Kier molecular flexibility index (Phi) is 5.65. The van der Waals surface area contributed by atoms with Gasteiger partial charge in [-0.15, -0.1) is 10.2 Å². The lowest BCUT2D eigenvalue weighted by atomic mass is 10.2. The number of anilines is 1. The van der Waals surface area contributed by atoms with Gasteiger partial charge in [-0.2, -0.15) is 0 Å². The van der Waals surface area contributed by atoms with Crippen LogP contribution in [-0.2, 0) is 4.79 Å². The maximum absolute atomic E-state index is 12.3.